The van der Waals surface area contributed by atoms with Gasteiger partial charge in [0, 0.05) is 30.7 Å². The lowest BCUT2D eigenvalue weighted by Gasteiger charge is -2.26. The second kappa shape index (κ2) is 7.29. The van der Waals surface area contributed by atoms with Crippen molar-refractivity contribution in [3.05, 3.63) is 28.8 Å². The number of carbonyl (C=O) groups is 2. The van der Waals surface area contributed by atoms with Crippen LogP contribution in [0.15, 0.2) is 18.2 Å². The summed E-state index contributed by atoms with van der Waals surface area (Å²) in [7, 11) is 0. The van der Waals surface area contributed by atoms with Crippen molar-refractivity contribution < 1.29 is 9.59 Å². The lowest BCUT2D eigenvalue weighted by Crippen LogP contribution is -2.42. The Labute approximate surface area is 125 Å². The monoisotopic (exact) mass is 296 g/mol. The van der Waals surface area contributed by atoms with Gasteiger partial charge in [0.25, 0.3) is 0 Å². The van der Waals surface area contributed by atoms with Gasteiger partial charge in [-0.2, -0.15) is 0 Å². The molecular formula is C15H21ClN2O2. The predicted molar refractivity (Wildman–Crippen MR) is 82.1 cm³/mol. The molecular weight excluding hydrogens is 276 g/mol. The average Bonchev–Trinajstić information content (AvgIpc) is 2.40. The van der Waals surface area contributed by atoms with Crippen molar-refractivity contribution in [3.63, 3.8) is 0 Å². The fraction of sp³-hybridized carbons (Fsp3) is 0.467. The molecule has 110 valence electrons. The number of hydrogen-bond acceptors (Lipinski definition) is 2. The number of hydrogen-bond donors (Lipinski definition) is 0. The van der Waals surface area contributed by atoms with Crippen molar-refractivity contribution in [2.45, 2.75) is 27.7 Å². The van der Waals surface area contributed by atoms with Crippen molar-refractivity contribution in [2.24, 2.45) is 0 Å². The number of aryl methyl sites for hydroxylation is 1. The molecule has 0 saturated carbocycles. The van der Waals surface area contributed by atoms with E-state index in [1.165, 1.54) is 11.8 Å². The zero-order valence-corrected chi connectivity index (χ0v) is 13.2. The molecule has 0 radical (unpaired) electrons. The number of rotatable bonds is 5. The summed E-state index contributed by atoms with van der Waals surface area (Å²) in [6.45, 7) is 8.50. The molecule has 0 aliphatic carbocycles. The standard InChI is InChI=1S/C15H21ClN2O2/c1-5-17(6-2)15(20)10-18(12(4)19)14-9-13(16)8-7-11(14)3/h7-9H,5-6,10H2,1-4H3. The number of amides is 2. The number of benzene rings is 1. The third kappa shape index (κ3) is 3.97. The van der Waals surface area contributed by atoms with Crippen LogP contribution in [0.4, 0.5) is 5.69 Å². The highest BCUT2D eigenvalue weighted by atomic mass is 35.5. The van der Waals surface area contributed by atoms with E-state index in [1.807, 2.05) is 26.8 Å². The van der Waals surface area contributed by atoms with Gasteiger partial charge < -0.3 is 9.80 Å². The summed E-state index contributed by atoms with van der Waals surface area (Å²) in [6.07, 6.45) is 0. The van der Waals surface area contributed by atoms with Crippen LogP contribution in [0.5, 0.6) is 0 Å². The highest BCUT2D eigenvalue weighted by Crippen LogP contribution is 2.24. The summed E-state index contributed by atoms with van der Waals surface area (Å²) in [5, 5.41) is 0.548. The first kappa shape index (κ1) is 16.5. The van der Waals surface area contributed by atoms with E-state index >= 15 is 0 Å². The zero-order chi connectivity index (χ0) is 15.3. The molecule has 0 aliphatic heterocycles. The lowest BCUT2D eigenvalue weighted by molar-refractivity contribution is -0.130. The largest absolute Gasteiger partial charge is 0.342 e. The highest BCUT2D eigenvalue weighted by molar-refractivity contribution is 6.31. The van der Waals surface area contributed by atoms with Gasteiger partial charge in [-0.25, -0.2) is 0 Å². The summed E-state index contributed by atoms with van der Waals surface area (Å²) >= 11 is 5.99. The van der Waals surface area contributed by atoms with E-state index in [1.54, 1.807) is 17.0 Å². The highest BCUT2D eigenvalue weighted by Gasteiger charge is 2.20. The van der Waals surface area contributed by atoms with Crippen LogP contribution in [0, 0.1) is 6.92 Å². The van der Waals surface area contributed by atoms with E-state index in [0.717, 1.165) is 5.56 Å². The molecule has 0 heterocycles. The Bertz CT molecular complexity index is 499. The maximum Gasteiger partial charge on any atom is 0.242 e. The van der Waals surface area contributed by atoms with Crippen LogP contribution in [0.2, 0.25) is 5.02 Å². The predicted octanol–water partition coefficient (Wildman–Crippen LogP) is 2.87. The van der Waals surface area contributed by atoms with E-state index in [2.05, 4.69) is 0 Å². The first-order chi connectivity index (χ1) is 9.40. The van der Waals surface area contributed by atoms with Crippen LogP contribution in [0.3, 0.4) is 0 Å². The molecule has 4 nitrogen and oxygen atoms in total. The fourth-order valence-electron chi connectivity index (χ4n) is 2.05. The van der Waals surface area contributed by atoms with E-state index in [9.17, 15) is 9.59 Å². The van der Waals surface area contributed by atoms with Gasteiger partial charge in [-0.05, 0) is 38.5 Å². The summed E-state index contributed by atoms with van der Waals surface area (Å²) in [5.41, 5.74) is 1.60. The summed E-state index contributed by atoms with van der Waals surface area (Å²) < 4.78 is 0. The second-order valence-corrected chi connectivity index (χ2v) is 5.04. The number of carbonyl (C=O) groups excluding carboxylic acids is 2. The minimum atomic E-state index is -0.170. The molecule has 0 atom stereocenters. The van der Waals surface area contributed by atoms with Gasteiger partial charge >= 0.3 is 0 Å². The molecule has 1 aromatic rings. The lowest BCUT2D eigenvalue weighted by atomic mass is 10.1. The van der Waals surface area contributed by atoms with Crippen LogP contribution in [-0.2, 0) is 9.59 Å². The van der Waals surface area contributed by atoms with Gasteiger partial charge in [-0.1, -0.05) is 17.7 Å². The van der Waals surface area contributed by atoms with Crippen LogP contribution in [0.25, 0.3) is 0 Å². The van der Waals surface area contributed by atoms with Gasteiger partial charge in [0.2, 0.25) is 11.8 Å². The zero-order valence-electron chi connectivity index (χ0n) is 12.4. The smallest absolute Gasteiger partial charge is 0.242 e. The molecule has 0 N–H and O–H groups in total. The molecule has 2 amide bonds. The molecule has 0 fully saturated rings. The van der Waals surface area contributed by atoms with Gasteiger partial charge in [-0.15, -0.1) is 0 Å². The molecule has 5 heteroatoms. The minimum Gasteiger partial charge on any atom is -0.342 e. The molecule has 1 aromatic carbocycles. The molecule has 0 spiro atoms. The van der Waals surface area contributed by atoms with Gasteiger partial charge in [0.05, 0.1) is 0 Å². The Hall–Kier alpha value is -1.55. The second-order valence-electron chi connectivity index (χ2n) is 4.60. The third-order valence-corrected chi connectivity index (χ3v) is 3.49. The Morgan fingerprint density at radius 2 is 1.80 bits per heavy atom. The Balaban J connectivity index is 3.04. The number of halogens is 1. The molecule has 0 unspecified atom stereocenters. The van der Waals surface area contributed by atoms with Crippen LogP contribution < -0.4 is 4.90 Å². The van der Waals surface area contributed by atoms with Gasteiger partial charge in [-0.3, -0.25) is 9.59 Å². The van der Waals surface area contributed by atoms with Crippen LogP contribution >= 0.6 is 11.6 Å². The van der Waals surface area contributed by atoms with Gasteiger partial charge in [0.1, 0.15) is 6.54 Å². The first-order valence-electron chi connectivity index (χ1n) is 6.72. The normalized spacial score (nSPS) is 10.2. The van der Waals surface area contributed by atoms with Crippen molar-refractivity contribution in [3.8, 4) is 0 Å². The van der Waals surface area contributed by atoms with E-state index in [0.29, 0.717) is 23.8 Å². The van der Waals surface area contributed by atoms with Gasteiger partial charge in [0.15, 0.2) is 0 Å². The number of likely N-dealkylation sites (N-methyl/N-ethyl adjacent to an activating group) is 1. The quantitative estimate of drug-likeness (QED) is 0.838. The SMILES string of the molecule is CCN(CC)C(=O)CN(C(C)=O)c1cc(Cl)ccc1C. The summed E-state index contributed by atoms with van der Waals surface area (Å²) in [6, 6.07) is 5.33. The number of nitrogens with zero attached hydrogens (tertiary/aromatic N) is 2. The molecule has 0 aliphatic rings. The molecule has 20 heavy (non-hydrogen) atoms. The summed E-state index contributed by atoms with van der Waals surface area (Å²) in [5.74, 6) is -0.236. The van der Waals surface area contributed by atoms with Crippen LogP contribution in [-0.4, -0.2) is 36.3 Å². The van der Waals surface area contributed by atoms with Crippen molar-refractivity contribution in [1.82, 2.24) is 4.90 Å². The van der Waals surface area contributed by atoms with E-state index < -0.39 is 0 Å². The topological polar surface area (TPSA) is 40.6 Å². The maximum atomic E-state index is 12.2. The Kier molecular flexibility index (Phi) is 6.02. The van der Waals surface area contributed by atoms with Crippen molar-refractivity contribution in [1.29, 1.82) is 0 Å². The molecule has 0 bridgehead atoms. The Morgan fingerprint density at radius 3 is 2.30 bits per heavy atom. The molecule has 1 rings (SSSR count). The van der Waals surface area contributed by atoms with Crippen molar-refractivity contribution >= 4 is 29.1 Å². The van der Waals surface area contributed by atoms with Crippen molar-refractivity contribution in [2.75, 3.05) is 24.5 Å². The number of anilines is 1. The molecule has 0 saturated heterocycles. The fourth-order valence-corrected chi connectivity index (χ4v) is 2.22. The van der Waals surface area contributed by atoms with E-state index in [-0.39, 0.29) is 18.4 Å². The molecule has 0 aromatic heterocycles. The summed E-state index contributed by atoms with van der Waals surface area (Å²) in [4.78, 5) is 27.2. The maximum absolute atomic E-state index is 12.2. The van der Waals surface area contributed by atoms with Crippen LogP contribution in [0.1, 0.15) is 26.3 Å². The minimum absolute atomic E-state index is 0.0399. The Morgan fingerprint density at radius 1 is 1.20 bits per heavy atom. The third-order valence-electron chi connectivity index (χ3n) is 3.25. The van der Waals surface area contributed by atoms with E-state index in [4.69, 9.17) is 11.6 Å². The first-order valence-corrected chi connectivity index (χ1v) is 7.10. The average molecular weight is 297 g/mol.